The second-order valence-corrected chi connectivity index (χ2v) is 2.98. The molecule has 0 atom stereocenters. The smallest absolute Gasteiger partial charge is 0.122 e. The van der Waals surface area contributed by atoms with Gasteiger partial charge in [-0.25, -0.2) is 0 Å². The molecule has 13 heavy (non-hydrogen) atoms. The summed E-state index contributed by atoms with van der Waals surface area (Å²) >= 11 is 0. The van der Waals surface area contributed by atoms with E-state index >= 15 is 0 Å². The largest absolute Gasteiger partial charge is 0.361 e. The molecule has 0 bridgehead atoms. The van der Waals surface area contributed by atoms with Crippen LogP contribution >= 0.6 is 0 Å². The number of rotatable bonds is 9. The third-order valence-corrected chi connectivity index (χ3v) is 1.85. The molecule has 0 aliphatic carbocycles. The SMILES string of the molecule is C=CN(C=C)COCCCCCC. The first-order valence-electron chi connectivity index (χ1n) is 4.93. The van der Waals surface area contributed by atoms with Crippen molar-refractivity contribution in [1.82, 2.24) is 4.90 Å². The summed E-state index contributed by atoms with van der Waals surface area (Å²) in [5.74, 6) is 0. The van der Waals surface area contributed by atoms with Crippen LogP contribution in [0.4, 0.5) is 0 Å². The summed E-state index contributed by atoms with van der Waals surface area (Å²) in [5, 5.41) is 0. The first-order chi connectivity index (χ1) is 6.35. The molecule has 0 aromatic carbocycles. The predicted molar refractivity (Wildman–Crippen MR) is 57.2 cm³/mol. The lowest BCUT2D eigenvalue weighted by Gasteiger charge is -2.13. The van der Waals surface area contributed by atoms with Crippen molar-refractivity contribution in [3.05, 3.63) is 25.6 Å². The van der Waals surface area contributed by atoms with Gasteiger partial charge in [-0.2, -0.15) is 0 Å². The Kier molecular flexibility index (Phi) is 8.78. The predicted octanol–water partition coefficient (Wildman–Crippen LogP) is 3.13. The van der Waals surface area contributed by atoms with Crippen LogP contribution < -0.4 is 0 Å². The summed E-state index contributed by atoms with van der Waals surface area (Å²) in [6.45, 7) is 10.9. The quantitative estimate of drug-likeness (QED) is 0.402. The van der Waals surface area contributed by atoms with Crippen LogP contribution in [0.3, 0.4) is 0 Å². The molecule has 0 rings (SSSR count). The zero-order valence-corrected chi connectivity index (χ0v) is 8.67. The lowest BCUT2D eigenvalue weighted by molar-refractivity contribution is 0.0726. The van der Waals surface area contributed by atoms with Crippen molar-refractivity contribution in [2.45, 2.75) is 32.6 Å². The van der Waals surface area contributed by atoms with E-state index in [4.69, 9.17) is 4.74 Å². The maximum atomic E-state index is 5.41. The Morgan fingerprint density at radius 1 is 1.15 bits per heavy atom. The Hall–Kier alpha value is -0.760. The summed E-state index contributed by atoms with van der Waals surface area (Å²) in [6.07, 6.45) is 8.40. The number of ether oxygens (including phenoxy) is 1. The van der Waals surface area contributed by atoms with E-state index in [1.807, 2.05) is 4.90 Å². The molecule has 2 nitrogen and oxygen atoms in total. The van der Waals surface area contributed by atoms with Crippen LogP contribution in [0.1, 0.15) is 32.6 Å². The minimum absolute atomic E-state index is 0.569. The molecule has 0 aliphatic rings. The van der Waals surface area contributed by atoms with Gasteiger partial charge in [-0.3, -0.25) is 0 Å². The summed E-state index contributed by atoms with van der Waals surface area (Å²) in [6, 6.07) is 0. The maximum Gasteiger partial charge on any atom is 0.122 e. The number of nitrogens with zero attached hydrogens (tertiary/aromatic N) is 1. The molecular formula is C11H21NO. The minimum Gasteiger partial charge on any atom is -0.361 e. The summed E-state index contributed by atoms with van der Waals surface area (Å²) in [7, 11) is 0. The third kappa shape index (κ3) is 7.60. The van der Waals surface area contributed by atoms with Crippen LogP contribution in [0.5, 0.6) is 0 Å². The van der Waals surface area contributed by atoms with E-state index in [-0.39, 0.29) is 0 Å². The lowest BCUT2D eigenvalue weighted by atomic mass is 10.2. The van der Waals surface area contributed by atoms with Gasteiger partial charge in [0.1, 0.15) is 6.73 Å². The Balaban J connectivity index is 3.14. The van der Waals surface area contributed by atoms with Crippen LogP contribution in [0.15, 0.2) is 25.6 Å². The van der Waals surface area contributed by atoms with Gasteiger partial charge in [-0.05, 0) is 18.8 Å². The van der Waals surface area contributed by atoms with Gasteiger partial charge < -0.3 is 9.64 Å². The van der Waals surface area contributed by atoms with Gasteiger partial charge in [0.15, 0.2) is 0 Å². The standard InChI is InChI=1S/C11H21NO/c1-4-7-8-9-10-13-11-12(5-2)6-3/h5-6H,2-4,7-11H2,1H3. The van der Waals surface area contributed by atoms with E-state index in [2.05, 4.69) is 20.1 Å². The fourth-order valence-corrected chi connectivity index (χ4v) is 0.981. The Morgan fingerprint density at radius 2 is 1.85 bits per heavy atom. The molecule has 0 aromatic heterocycles. The van der Waals surface area contributed by atoms with E-state index in [0.717, 1.165) is 13.0 Å². The van der Waals surface area contributed by atoms with Crippen LogP contribution in [-0.2, 0) is 4.74 Å². The van der Waals surface area contributed by atoms with Gasteiger partial charge >= 0.3 is 0 Å². The van der Waals surface area contributed by atoms with E-state index in [1.165, 1.54) is 19.3 Å². The molecular weight excluding hydrogens is 162 g/mol. The summed E-state index contributed by atoms with van der Waals surface area (Å²) in [4.78, 5) is 1.82. The van der Waals surface area contributed by atoms with Crippen molar-refractivity contribution in [3.8, 4) is 0 Å². The van der Waals surface area contributed by atoms with Crippen LogP contribution in [0.2, 0.25) is 0 Å². The van der Waals surface area contributed by atoms with Crippen LogP contribution in [0, 0.1) is 0 Å². The molecule has 0 radical (unpaired) electrons. The lowest BCUT2D eigenvalue weighted by Crippen LogP contribution is -2.13. The second-order valence-electron chi connectivity index (χ2n) is 2.98. The van der Waals surface area contributed by atoms with Crippen molar-refractivity contribution >= 4 is 0 Å². The van der Waals surface area contributed by atoms with Crippen molar-refractivity contribution in [2.24, 2.45) is 0 Å². The topological polar surface area (TPSA) is 12.5 Å². The van der Waals surface area contributed by atoms with Crippen molar-refractivity contribution in [2.75, 3.05) is 13.3 Å². The van der Waals surface area contributed by atoms with Gasteiger partial charge in [0, 0.05) is 6.61 Å². The average Bonchev–Trinajstić information content (AvgIpc) is 2.17. The number of hydrogen-bond donors (Lipinski definition) is 0. The van der Waals surface area contributed by atoms with Gasteiger partial charge in [-0.15, -0.1) is 0 Å². The molecule has 0 unspecified atom stereocenters. The zero-order valence-electron chi connectivity index (χ0n) is 8.67. The van der Waals surface area contributed by atoms with Crippen molar-refractivity contribution in [3.63, 3.8) is 0 Å². The van der Waals surface area contributed by atoms with Crippen LogP contribution in [-0.4, -0.2) is 18.2 Å². The highest BCUT2D eigenvalue weighted by molar-refractivity contribution is 4.77. The average molecular weight is 183 g/mol. The monoisotopic (exact) mass is 183 g/mol. The molecule has 0 N–H and O–H groups in total. The molecule has 0 spiro atoms. The van der Waals surface area contributed by atoms with Gasteiger partial charge in [-0.1, -0.05) is 39.3 Å². The highest BCUT2D eigenvalue weighted by Gasteiger charge is 1.92. The van der Waals surface area contributed by atoms with Crippen LogP contribution in [0.25, 0.3) is 0 Å². The molecule has 0 aliphatic heterocycles. The number of unbranched alkanes of at least 4 members (excludes halogenated alkanes) is 3. The number of hydrogen-bond acceptors (Lipinski definition) is 2. The first-order valence-corrected chi connectivity index (χ1v) is 4.93. The second kappa shape index (κ2) is 9.33. The molecule has 0 amide bonds. The third-order valence-electron chi connectivity index (χ3n) is 1.85. The molecule has 76 valence electrons. The van der Waals surface area contributed by atoms with Gasteiger partial charge in [0.2, 0.25) is 0 Å². The maximum absolute atomic E-state index is 5.41. The van der Waals surface area contributed by atoms with Gasteiger partial charge in [0.05, 0.1) is 0 Å². The molecule has 0 saturated carbocycles. The first kappa shape index (κ1) is 12.2. The van der Waals surface area contributed by atoms with E-state index in [1.54, 1.807) is 12.4 Å². The molecule has 0 fully saturated rings. The highest BCUT2D eigenvalue weighted by Crippen LogP contribution is 1.99. The summed E-state index contributed by atoms with van der Waals surface area (Å²) < 4.78 is 5.41. The minimum atomic E-state index is 0.569. The Labute approximate surface area is 81.9 Å². The highest BCUT2D eigenvalue weighted by atomic mass is 16.5. The van der Waals surface area contributed by atoms with E-state index < -0.39 is 0 Å². The van der Waals surface area contributed by atoms with Crippen molar-refractivity contribution in [1.29, 1.82) is 0 Å². The molecule has 2 heteroatoms. The molecule has 0 saturated heterocycles. The fraction of sp³-hybridized carbons (Fsp3) is 0.636. The summed E-state index contributed by atoms with van der Waals surface area (Å²) in [5.41, 5.74) is 0. The normalized spacial score (nSPS) is 9.62. The van der Waals surface area contributed by atoms with Crippen molar-refractivity contribution < 1.29 is 4.74 Å². The Bertz CT molecular complexity index is 126. The molecule has 0 aromatic rings. The van der Waals surface area contributed by atoms with E-state index in [9.17, 15) is 0 Å². The zero-order chi connectivity index (χ0) is 9.94. The van der Waals surface area contributed by atoms with Gasteiger partial charge in [0.25, 0.3) is 0 Å². The van der Waals surface area contributed by atoms with E-state index in [0.29, 0.717) is 6.73 Å². The molecule has 0 heterocycles. The fourth-order valence-electron chi connectivity index (χ4n) is 0.981. The Morgan fingerprint density at radius 3 is 2.38 bits per heavy atom.